The number of carbonyl (C=O) groups excluding carboxylic acids is 1. The Morgan fingerprint density at radius 1 is 1.22 bits per heavy atom. The highest BCUT2D eigenvalue weighted by Gasteiger charge is 2.27. The van der Waals surface area contributed by atoms with E-state index in [1.807, 2.05) is 17.0 Å². The molecule has 2 aromatic rings. The average molecular weight is 309 g/mol. The molecule has 120 valence electrons. The van der Waals surface area contributed by atoms with E-state index in [2.05, 4.69) is 48.0 Å². The summed E-state index contributed by atoms with van der Waals surface area (Å²) < 4.78 is 0. The van der Waals surface area contributed by atoms with Crippen molar-refractivity contribution < 1.29 is 4.79 Å². The van der Waals surface area contributed by atoms with E-state index < -0.39 is 0 Å². The topological polar surface area (TPSA) is 36.4 Å². The summed E-state index contributed by atoms with van der Waals surface area (Å²) in [4.78, 5) is 21.0. The zero-order valence-corrected chi connectivity index (χ0v) is 13.8. The van der Waals surface area contributed by atoms with Gasteiger partial charge in [0, 0.05) is 43.8 Å². The Bertz CT molecular complexity index is 671. The van der Waals surface area contributed by atoms with Crippen LogP contribution in [-0.2, 0) is 11.2 Å². The summed E-state index contributed by atoms with van der Waals surface area (Å²) >= 11 is 0. The van der Waals surface area contributed by atoms with Gasteiger partial charge in [-0.25, -0.2) is 0 Å². The second-order valence-corrected chi connectivity index (χ2v) is 6.21. The number of amides is 1. The van der Waals surface area contributed by atoms with Crippen LogP contribution in [0.2, 0.25) is 0 Å². The molecule has 1 aromatic heterocycles. The molecule has 4 heteroatoms. The van der Waals surface area contributed by atoms with Crippen LogP contribution in [0, 0.1) is 6.92 Å². The number of benzene rings is 1. The van der Waals surface area contributed by atoms with Crippen LogP contribution >= 0.6 is 0 Å². The van der Waals surface area contributed by atoms with Crippen molar-refractivity contribution in [2.75, 3.05) is 24.5 Å². The van der Waals surface area contributed by atoms with Gasteiger partial charge in [-0.1, -0.05) is 24.3 Å². The van der Waals surface area contributed by atoms with E-state index in [-0.39, 0.29) is 11.9 Å². The Labute approximate surface area is 137 Å². The number of piperazine rings is 1. The Balaban J connectivity index is 1.65. The van der Waals surface area contributed by atoms with Crippen molar-refractivity contribution in [2.24, 2.45) is 0 Å². The van der Waals surface area contributed by atoms with Crippen LogP contribution in [0.5, 0.6) is 0 Å². The standard InChI is InChI=1S/C19H23N3O/c1-15-6-3-4-8-18(15)21-10-11-22(16(2)14-21)19(23)12-17-7-5-9-20-13-17/h3-9,13,16H,10-12,14H2,1-2H3. The van der Waals surface area contributed by atoms with Gasteiger partial charge in [0.15, 0.2) is 0 Å². The molecule has 0 radical (unpaired) electrons. The van der Waals surface area contributed by atoms with Crippen molar-refractivity contribution in [3.05, 3.63) is 59.9 Å². The SMILES string of the molecule is Cc1ccccc1N1CCN(C(=O)Cc2cccnc2)C(C)C1. The highest BCUT2D eigenvalue weighted by Crippen LogP contribution is 2.23. The predicted octanol–water partition coefficient (Wildman–Crippen LogP) is 2.67. The third-order valence-electron chi connectivity index (χ3n) is 4.48. The molecule has 1 aliphatic heterocycles. The van der Waals surface area contributed by atoms with Crippen molar-refractivity contribution in [3.8, 4) is 0 Å². The van der Waals surface area contributed by atoms with Gasteiger partial charge in [0.05, 0.1) is 6.42 Å². The number of para-hydroxylation sites is 1. The lowest BCUT2D eigenvalue weighted by atomic mass is 10.1. The molecule has 1 atom stereocenters. The number of hydrogen-bond donors (Lipinski definition) is 0. The number of hydrogen-bond acceptors (Lipinski definition) is 3. The van der Waals surface area contributed by atoms with E-state index in [0.717, 1.165) is 25.2 Å². The summed E-state index contributed by atoms with van der Waals surface area (Å²) in [5, 5.41) is 0. The summed E-state index contributed by atoms with van der Waals surface area (Å²) in [5.41, 5.74) is 3.54. The van der Waals surface area contributed by atoms with Crippen molar-refractivity contribution in [2.45, 2.75) is 26.3 Å². The van der Waals surface area contributed by atoms with Gasteiger partial charge in [-0.2, -0.15) is 0 Å². The molecule has 3 rings (SSSR count). The first-order valence-electron chi connectivity index (χ1n) is 8.14. The van der Waals surface area contributed by atoms with Gasteiger partial charge in [0.25, 0.3) is 0 Å². The van der Waals surface area contributed by atoms with Gasteiger partial charge in [0.1, 0.15) is 0 Å². The molecule has 1 amide bonds. The number of aromatic nitrogens is 1. The maximum absolute atomic E-state index is 12.6. The molecule has 0 saturated carbocycles. The van der Waals surface area contributed by atoms with Crippen LogP contribution in [-0.4, -0.2) is 41.5 Å². The fraction of sp³-hybridized carbons (Fsp3) is 0.368. The van der Waals surface area contributed by atoms with Crippen LogP contribution in [0.15, 0.2) is 48.8 Å². The Kier molecular flexibility index (Phi) is 4.60. The van der Waals surface area contributed by atoms with E-state index in [1.165, 1.54) is 11.3 Å². The van der Waals surface area contributed by atoms with Gasteiger partial charge in [-0.15, -0.1) is 0 Å². The van der Waals surface area contributed by atoms with Gasteiger partial charge >= 0.3 is 0 Å². The minimum Gasteiger partial charge on any atom is -0.367 e. The number of anilines is 1. The Morgan fingerprint density at radius 3 is 2.74 bits per heavy atom. The summed E-state index contributed by atoms with van der Waals surface area (Å²) in [6.07, 6.45) is 3.94. The zero-order chi connectivity index (χ0) is 16.2. The molecule has 0 N–H and O–H groups in total. The predicted molar refractivity (Wildman–Crippen MR) is 92.5 cm³/mol. The maximum Gasteiger partial charge on any atom is 0.227 e. The first kappa shape index (κ1) is 15.5. The normalized spacial score (nSPS) is 18.1. The lowest BCUT2D eigenvalue weighted by Gasteiger charge is -2.41. The minimum atomic E-state index is 0.190. The summed E-state index contributed by atoms with van der Waals surface area (Å²) in [6.45, 7) is 6.80. The van der Waals surface area contributed by atoms with E-state index >= 15 is 0 Å². The van der Waals surface area contributed by atoms with Gasteiger partial charge < -0.3 is 9.80 Å². The molecule has 2 heterocycles. The van der Waals surface area contributed by atoms with Gasteiger partial charge in [0.2, 0.25) is 5.91 Å². The number of pyridine rings is 1. The molecule has 1 aromatic carbocycles. The van der Waals surface area contributed by atoms with Crippen LogP contribution in [0.3, 0.4) is 0 Å². The largest absolute Gasteiger partial charge is 0.367 e. The smallest absolute Gasteiger partial charge is 0.227 e. The molecule has 1 aliphatic rings. The zero-order valence-electron chi connectivity index (χ0n) is 13.8. The lowest BCUT2D eigenvalue weighted by molar-refractivity contribution is -0.132. The lowest BCUT2D eigenvalue weighted by Crippen LogP contribution is -2.54. The molecular formula is C19H23N3O. The average Bonchev–Trinajstić information content (AvgIpc) is 2.56. The Hall–Kier alpha value is -2.36. The van der Waals surface area contributed by atoms with Gasteiger partial charge in [-0.05, 0) is 37.1 Å². The van der Waals surface area contributed by atoms with Crippen LogP contribution in [0.1, 0.15) is 18.1 Å². The molecule has 1 saturated heterocycles. The molecule has 23 heavy (non-hydrogen) atoms. The number of rotatable bonds is 3. The molecule has 0 bridgehead atoms. The van der Waals surface area contributed by atoms with Crippen LogP contribution < -0.4 is 4.90 Å². The van der Waals surface area contributed by atoms with Gasteiger partial charge in [-0.3, -0.25) is 9.78 Å². The number of aryl methyl sites for hydroxylation is 1. The molecule has 0 aliphatic carbocycles. The molecule has 4 nitrogen and oxygen atoms in total. The second kappa shape index (κ2) is 6.82. The third kappa shape index (κ3) is 3.52. The molecular weight excluding hydrogens is 286 g/mol. The van der Waals surface area contributed by atoms with Crippen molar-refractivity contribution >= 4 is 11.6 Å². The monoisotopic (exact) mass is 309 g/mol. The molecule has 1 unspecified atom stereocenters. The number of nitrogens with zero attached hydrogens (tertiary/aromatic N) is 3. The van der Waals surface area contributed by atoms with E-state index in [1.54, 1.807) is 12.4 Å². The van der Waals surface area contributed by atoms with E-state index in [4.69, 9.17) is 0 Å². The number of carbonyl (C=O) groups is 1. The third-order valence-corrected chi connectivity index (χ3v) is 4.48. The fourth-order valence-electron chi connectivity index (χ4n) is 3.24. The highest BCUT2D eigenvalue weighted by atomic mass is 16.2. The first-order valence-corrected chi connectivity index (χ1v) is 8.14. The Morgan fingerprint density at radius 2 is 2.04 bits per heavy atom. The van der Waals surface area contributed by atoms with E-state index in [9.17, 15) is 4.79 Å². The first-order chi connectivity index (χ1) is 11.1. The maximum atomic E-state index is 12.6. The highest BCUT2D eigenvalue weighted by molar-refractivity contribution is 5.79. The van der Waals surface area contributed by atoms with Crippen molar-refractivity contribution in [1.29, 1.82) is 0 Å². The summed E-state index contributed by atoms with van der Waals surface area (Å²) in [7, 11) is 0. The van der Waals surface area contributed by atoms with Crippen molar-refractivity contribution in [3.63, 3.8) is 0 Å². The summed E-state index contributed by atoms with van der Waals surface area (Å²) in [5.74, 6) is 0.190. The van der Waals surface area contributed by atoms with E-state index in [0.29, 0.717) is 6.42 Å². The molecule has 0 spiro atoms. The van der Waals surface area contributed by atoms with Crippen LogP contribution in [0.4, 0.5) is 5.69 Å². The second-order valence-electron chi connectivity index (χ2n) is 6.21. The van der Waals surface area contributed by atoms with Crippen molar-refractivity contribution in [1.82, 2.24) is 9.88 Å². The fourth-order valence-corrected chi connectivity index (χ4v) is 3.24. The van der Waals surface area contributed by atoms with Crippen LogP contribution in [0.25, 0.3) is 0 Å². The summed E-state index contributed by atoms with van der Waals surface area (Å²) in [6, 6.07) is 12.5. The molecule has 1 fully saturated rings. The minimum absolute atomic E-state index is 0.190. The quantitative estimate of drug-likeness (QED) is 0.874.